The molecule has 35 heavy (non-hydrogen) atoms. The molecule has 2 fully saturated rings. The highest BCUT2D eigenvalue weighted by Crippen LogP contribution is 2.33. The Morgan fingerprint density at radius 3 is 2.66 bits per heavy atom. The van der Waals surface area contributed by atoms with Crippen molar-refractivity contribution >= 4 is 33.8 Å². The van der Waals surface area contributed by atoms with Crippen molar-refractivity contribution in [1.29, 1.82) is 5.26 Å². The lowest BCUT2D eigenvalue weighted by Gasteiger charge is -2.29. The molecular formula is C27H28N6O2. The fourth-order valence-corrected chi connectivity index (χ4v) is 5.58. The van der Waals surface area contributed by atoms with Gasteiger partial charge in [0.2, 0.25) is 11.8 Å². The number of benzene rings is 1. The number of piperidine rings is 1. The normalized spacial score (nSPS) is 17.8. The first kappa shape index (κ1) is 21.8. The van der Waals surface area contributed by atoms with Gasteiger partial charge >= 0.3 is 0 Å². The van der Waals surface area contributed by atoms with Crippen LogP contribution in [0.1, 0.15) is 61.6 Å². The Kier molecular flexibility index (Phi) is 5.50. The summed E-state index contributed by atoms with van der Waals surface area (Å²) in [5.41, 5.74) is 2.57. The third-order valence-corrected chi connectivity index (χ3v) is 7.55. The van der Waals surface area contributed by atoms with E-state index in [4.69, 9.17) is 4.42 Å². The molecule has 0 bridgehead atoms. The number of nitriles is 1. The van der Waals surface area contributed by atoms with Gasteiger partial charge in [0.05, 0.1) is 0 Å². The van der Waals surface area contributed by atoms with E-state index in [2.05, 4.69) is 45.4 Å². The number of aromatic nitrogens is 3. The minimum Gasteiger partial charge on any atom is -0.440 e. The van der Waals surface area contributed by atoms with E-state index in [0.717, 1.165) is 62.6 Å². The maximum atomic E-state index is 13.0. The van der Waals surface area contributed by atoms with Crippen LogP contribution in [-0.4, -0.2) is 39.6 Å². The van der Waals surface area contributed by atoms with Crippen LogP contribution in [0.25, 0.3) is 22.0 Å². The predicted molar refractivity (Wildman–Crippen MR) is 135 cm³/mol. The summed E-state index contributed by atoms with van der Waals surface area (Å²) < 4.78 is 7.81. The zero-order valence-electron chi connectivity index (χ0n) is 19.8. The van der Waals surface area contributed by atoms with Crippen LogP contribution in [0.15, 0.2) is 45.7 Å². The third kappa shape index (κ3) is 4.06. The molecule has 4 aromatic rings. The Hall–Kier alpha value is -3.70. The molecule has 0 unspecified atom stereocenters. The number of nitrogens with one attached hydrogen (secondary N) is 1. The molecule has 4 heterocycles. The summed E-state index contributed by atoms with van der Waals surface area (Å²) in [5, 5.41) is 14.3. The van der Waals surface area contributed by atoms with Gasteiger partial charge in [0, 0.05) is 29.1 Å². The van der Waals surface area contributed by atoms with Crippen LogP contribution in [-0.2, 0) is 0 Å². The van der Waals surface area contributed by atoms with E-state index in [1.165, 1.54) is 5.56 Å². The molecule has 3 aromatic heterocycles. The molecule has 0 spiro atoms. The molecule has 1 aromatic carbocycles. The Bertz CT molecular complexity index is 1500. The molecule has 8 nitrogen and oxygen atoms in total. The van der Waals surface area contributed by atoms with Gasteiger partial charge in [-0.1, -0.05) is 25.0 Å². The molecule has 8 heteroatoms. The van der Waals surface area contributed by atoms with Crippen LogP contribution in [0, 0.1) is 11.3 Å². The number of anilines is 2. The third-order valence-electron chi connectivity index (χ3n) is 7.55. The van der Waals surface area contributed by atoms with Crippen molar-refractivity contribution in [2.24, 2.45) is 0 Å². The molecule has 2 aliphatic rings. The number of hydrogen-bond acceptors (Lipinski definition) is 7. The van der Waals surface area contributed by atoms with E-state index in [1.54, 1.807) is 16.8 Å². The standard InChI is InChI=1S/C27H28N6O2/c1-32-10-8-17(9-11-32)18-6-7-19-14-24(35-23(19)13-18)30-27-29-16-21-12-20(15-28)26(34)33(25(21)31-27)22-4-2-3-5-22/h6-7,12-14,16-17,22H,2-5,8-11H2,1H3,(H,29,30,31). The molecule has 0 atom stereocenters. The second-order valence-electron chi connectivity index (χ2n) is 9.87. The van der Waals surface area contributed by atoms with E-state index in [0.29, 0.717) is 28.8 Å². The molecule has 1 aliphatic heterocycles. The Labute approximate surface area is 203 Å². The van der Waals surface area contributed by atoms with Gasteiger partial charge in [0.15, 0.2) is 0 Å². The first-order valence-corrected chi connectivity index (χ1v) is 12.4. The lowest BCUT2D eigenvalue weighted by Crippen LogP contribution is -2.29. The predicted octanol–water partition coefficient (Wildman–Crippen LogP) is 5.08. The number of likely N-dealkylation sites (tertiary alicyclic amines) is 1. The number of hydrogen-bond donors (Lipinski definition) is 1. The lowest BCUT2D eigenvalue weighted by atomic mass is 9.89. The minimum atomic E-state index is -0.276. The zero-order valence-corrected chi connectivity index (χ0v) is 19.8. The zero-order chi connectivity index (χ0) is 23.9. The second kappa shape index (κ2) is 8.82. The molecule has 1 aliphatic carbocycles. The molecule has 178 valence electrons. The van der Waals surface area contributed by atoms with Gasteiger partial charge in [-0.25, -0.2) is 4.98 Å². The van der Waals surface area contributed by atoms with Crippen LogP contribution < -0.4 is 10.9 Å². The Morgan fingerprint density at radius 1 is 1.09 bits per heavy atom. The second-order valence-corrected chi connectivity index (χ2v) is 9.87. The van der Waals surface area contributed by atoms with Crippen molar-refractivity contribution in [3.8, 4) is 6.07 Å². The van der Waals surface area contributed by atoms with Crippen molar-refractivity contribution in [2.75, 3.05) is 25.5 Å². The molecule has 1 saturated carbocycles. The van der Waals surface area contributed by atoms with Gasteiger partial charge < -0.3 is 9.32 Å². The van der Waals surface area contributed by atoms with E-state index in [-0.39, 0.29) is 17.2 Å². The molecular weight excluding hydrogens is 440 g/mol. The largest absolute Gasteiger partial charge is 0.440 e. The van der Waals surface area contributed by atoms with Crippen molar-refractivity contribution in [1.82, 2.24) is 19.4 Å². The average molecular weight is 469 g/mol. The van der Waals surface area contributed by atoms with Gasteiger partial charge in [0.25, 0.3) is 5.56 Å². The maximum absolute atomic E-state index is 13.0. The van der Waals surface area contributed by atoms with Crippen molar-refractivity contribution in [2.45, 2.75) is 50.5 Å². The van der Waals surface area contributed by atoms with Crippen molar-refractivity contribution in [3.05, 3.63) is 58.0 Å². The highest BCUT2D eigenvalue weighted by atomic mass is 16.3. The fourth-order valence-electron chi connectivity index (χ4n) is 5.58. The minimum absolute atomic E-state index is 0.0604. The molecule has 0 amide bonds. The van der Waals surface area contributed by atoms with E-state index < -0.39 is 0 Å². The smallest absolute Gasteiger partial charge is 0.270 e. The number of fused-ring (bicyclic) bond motifs is 2. The summed E-state index contributed by atoms with van der Waals surface area (Å²) in [7, 11) is 2.17. The SMILES string of the molecule is CN1CCC(c2ccc3cc(Nc4ncc5cc(C#N)c(=O)n(C6CCCC6)c5n4)oc3c2)CC1. The topological polar surface area (TPSA) is 100.0 Å². The number of pyridine rings is 1. The van der Waals surface area contributed by atoms with Crippen LogP contribution in [0.5, 0.6) is 0 Å². The first-order chi connectivity index (χ1) is 17.1. The van der Waals surface area contributed by atoms with Crippen LogP contribution in [0.4, 0.5) is 11.8 Å². The summed E-state index contributed by atoms with van der Waals surface area (Å²) in [6.45, 7) is 2.24. The molecule has 1 saturated heterocycles. The number of rotatable bonds is 4. The van der Waals surface area contributed by atoms with E-state index in [9.17, 15) is 10.1 Å². The molecule has 0 radical (unpaired) electrons. The van der Waals surface area contributed by atoms with Crippen molar-refractivity contribution in [3.63, 3.8) is 0 Å². The maximum Gasteiger partial charge on any atom is 0.270 e. The quantitative estimate of drug-likeness (QED) is 0.446. The van der Waals surface area contributed by atoms with Gasteiger partial charge in [-0.15, -0.1) is 0 Å². The van der Waals surface area contributed by atoms with Gasteiger partial charge in [-0.05, 0) is 69.4 Å². The summed E-state index contributed by atoms with van der Waals surface area (Å²) >= 11 is 0. The van der Waals surface area contributed by atoms with Gasteiger partial charge in [-0.2, -0.15) is 10.2 Å². The lowest BCUT2D eigenvalue weighted by molar-refractivity contribution is 0.255. The average Bonchev–Trinajstić information content (AvgIpc) is 3.53. The molecule has 6 rings (SSSR count). The highest BCUT2D eigenvalue weighted by molar-refractivity contribution is 5.83. The van der Waals surface area contributed by atoms with Crippen LogP contribution in [0.3, 0.4) is 0 Å². The monoisotopic (exact) mass is 468 g/mol. The summed E-state index contributed by atoms with van der Waals surface area (Å²) in [4.78, 5) is 24.5. The number of nitrogens with zero attached hydrogens (tertiary/aromatic N) is 5. The van der Waals surface area contributed by atoms with Crippen molar-refractivity contribution < 1.29 is 4.42 Å². The first-order valence-electron chi connectivity index (χ1n) is 12.4. The Balaban J connectivity index is 1.32. The van der Waals surface area contributed by atoms with Crippen LogP contribution in [0.2, 0.25) is 0 Å². The summed E-state index contributed by atoms with van der Waals surface area (Å²) in [6.07, 6.45) is 7.97. The van der Waals surface area contributed by atoms with Crippen LogP contribution >= 0.6 is 0 Å². The fraction of sp³-hybridized carbons (Fsp3) is 0.407. The van der Waals surface area contributed by atoms with E-state index in [1.807, 2.05) is 12.1 Å². The summed E-state index contributed by atoms with van der Waals surface area (Å²) in [6, 6.07) is 12.1. The highest BCUT2D eigenvalue weighted by Gasteiger charge is 2.23. The van der Waals surface area contributed by atoms with Gasteiger partial charge in [0.1, 0.15) is 22.9 Å². The molecule has 1 N–H and O–H groups in total. The van der Waals surface area contributed by atoms with Gasteiger partial charge in [-0.3, -0.25) is 14.7 Å². The number of furan rings is 1. The summed E-state index contributed by atoms with van der Waals surface area (Å²) in [5.74, 6) is 1.48. The Morgan fingerprint density at radius 2 is 1.89 bits per heavy atom. The van der Waals surface area contributed by atoms with E-state index >= 15 is 0 Å².